The van der Waals surface area contributed by atoms with Gasteiger partial charge in [0.25, 0.3) is 0 Å². The highest BCUT2D eigenvalue weighted by molar-refractivity contribution is 7.98. The second-order valence-corrected chi connectivity index (χ2v) is 5.80. The van der Waals surface area contributed by atoms with Crippen molar-refractivity contribution in [2.24, 2.45) is 0 Å². The Labute approximate surface area is 110 Å². The van der Waals surface area contributed by atoms with Gasteiger partial charge in [0.2, 0.25) is 0 Å². The molecular weight excluding hydrogens is 225 g/mol. The Kier molecular flexibility index (Phi) is 4.93. The van der Waals surface area contributed by atoms with E-state index in [0.29, 0.717) is 0 Å². The lowest BCUT2D eigenvalue weighted by Crippen LogP contribution is -2.34. The number of piperidine rings is 1. The van der Waals surface area contributed by atoms with E-state index in [1.807, 2.05) is 11.8 Å². The molecule has 0 saturated carbocycles. The first-order chi connectivity index (χ1) is 8.33. The van der Waals surface area contributed by atoms with E-state index in [-0.39, 0.29) is 0 Å². The zero-order chi connectivity index (χ0) is 12.1. The lowest BCUT2D eigenvalue weighted by Gasteiger charge is -2.32. The fourth-order valence-corrected chi connectivity index (χ4v) is 3.21. The van der Waals surface area contributed by atoms with E-state index in [9.17, 15) is 0 Å². The highest BCUT2D eigenvalue weighted by atomic mass is 32.2. The van der Waals surface area contributed by atoms with Gasteiger partial charge >= 0.3 is 0 Å². The van der Waals surface area contributed by atoms with Crippen LogP contribution >= 0.6 is 11.8 Å². The minimum Gasteiger partial charge on any atom is -0.303 e. The summed E-state index contributed by atoms with van der Waals surface area (Å²) >= 11 is 1.84. The van der Waals surface area contributed by atoms with Gasteiger partial charge in [0, 0.05) is 11.4 Å². The first-order valence-electron chi connectivity index (χ1n) is 6.69. The summed E-state index contributed by atoms with van der Waals surface area (Å²) in [6, 6.07) is 9.10. The van der Waals surface area contributed by atoms with E-state index in [4.69, 9.17) is 0 Å². The zero-order valence-electron chi connectivity index (χ0n) is 11.0. The predicted molar refractivity (Wildman–Crippen MR) is 76.9 cm³/mol. The van der Waals surface area contributed by atoms with Crippen molar-refractivity contribution in [2.45, 2.75) is 37.0 Å². The van der Waals surface area contributed by atoms with E-state index in [2.05, 4.69) is 42.3 Å². The van der Waals surface area contributed by atoms with Crippen LogP contribution in [-0.2, 0) is 0 Å². The SMILES string of the molecule is CCCN1CCC[C@@H](c2cccc(S[11CH3])c2)C1. The molecule has 2 rings (SSSR count). The standard InChI is InChI=1S/C15H23NS/c1-3-9-16-10-5-7-14(12-16)13-6-4-8-15(11-13)17-2/h4,6,8,11,14H,3,5,7,9-10,12H2,1-2H3/t14-/m1/s1/i2-1. The molecule has 0 aromatic heterocycles. The molecule has 0 radical (unpaired) electrons. The molecule has 1 atom stereocenters. The third kappa shape index (κ3) is 3.49. The van der Waals surface area contributed by atoms with Crippen molar-refractivity contribution in [1.29, 1.82) is 0 Å². The van der Waals surface area contributed by atoms with Crippen molar-refractivity contribution < 1.29 is 0 Å². The third-order valence-electron chi connectivity index (χ3n) is 3.61. The van der Waals surface area contributed by atoms with E-state index in [0.717, 1.165) is 5.92 Å². The Morgan fingerprint density at radius 1 is 1.41 bits per heavy atom. The predicted octanol–water partition coefficient (Wildman–Crippen LogP) is 4.00. The van der Waals surface area contributed by atoms with Gasteiger partial charge in [0.15, 0.2) is 0 Å². The molecule has 1 aliphatic heterocycles. The maximum absolute atomic E-state index is 2.62. The van der Waals surface area contributed by atoms with Crippen molar-refractivity contribution in [3.8, 4) is 0 Å². The Bertz CT molecular complexity index is 349. The Hall–Kier alpha value is -0.470. The van der Waals surface area contributed by atoms with Crippen LogP contribution < -0.4 is 0 Å². The summed E-state index contributed by atoms with van der Waals surface area (Å²) in [5, 5.41) is 0. The summed E-state index contributed by atoms with van der Waals surface area (Å²) in [5.74, 6) is 0.752. The average Bonchev–Trinajstić information content (AvgIpc) is 2.40. The molecule has 1 aromatic carbocycles. The Balaban J connectivity index is 2.05. The molecule has 94 valence electrons. The second kappa shape index (κ2) is 6.46. The summed E-state index contributed by atoms with van der Waals surface area (Å²) in [4.78, 5) is 4.02. The van der Waals surface area contributed by atoms with Crippen LogP contribution in [0.5, 0.6) is 0 Å². The third-order valence-corrected chi connectivity index (χ3v) is 4.34. The number of likely N-dealkylation sites (tertiary alicyclic amines) is 1. The molecule has 0 aliphatic carbocycles. The number of benzene rings is 1. The van der Waals surface area contributed by atoms with Gasteiger partial charge in [-0.15, -0.1) is 11.8 Å². The first kappa shape index (κ1) is 13.0. The van der Waals surface area contributed by atoms with Crippen molar-refractivity contribution in [1.82, 2.24) is 4.90 Å². The van der Waals surface area contributed by atoms with Crippen LogP contribution in [0.25, 0.3) is 0 Å². The van der Waals surface area contributed by atoms with Gasteiger partial charge in [0.05, 0.1) is 0 Å². The number of nitrogens with zero attached hydrogens (tertiary/aromatic N) is 1. The molecule has 1 nitrogen and oxygen atoms in total. The fraction of sp³-hybridized carbons (Fsp3) is 0.600. The second-order valence-electron chi connectivity index (χ2n) is 4.92. The molecule has 1 saturated heterocycles. The minimum absolute atomic E-state index is 0.752. The molecule has 0 amide bonds. The van der Waals surface area contributed by atoms with Gasteiger partial charge in [-0.1, -0.05) is 19.1 Å². The van der Waals surface area contributed by atoms with Crippen LogP contribution in [0.1, 0.15) is 37.7 Å². The summed E-state index contributed by atoms with van der Waals surface area (Å²) in [7, 11) is 0. The number of hydrogen-bond acceptors (Lipinski definition) is 2. The molecule has 1 fully saturated rings. The van der Waals surface area contributed by atoms with Crippen LogP contribution in [-0.4, -0.2) is 30.8 Å². The molecule has 0 spiro atoms. The number of rotatable bonds is 4. The van der Waals surface area contributed by atoms with Crippen LogP contribution in [0.15, 0.2) is 29.2 Å². The molecule has 1 aromatic rings. The van der Waals surface area contributed by atoms with Crippen LogP contribution in [0.4, 0.5) is 0 Å². The van der Waals surface area contributed by atoms with Crippen LogP contribution in [0.2, 0.25) is 0 Å². The summed E-state index contributed by atoms with van der Waals surface area (Å²) in [5.41, 5.74) is 1.54. The maximum Gasteiger partial charge on any atom is 0.00719 e. The largest absolute Gasteiger partial charge is 0.303 e. The van der Waals surface area contributed by atoms with Crippen molar-refractivity contribution in [3.63, 3.8) is 0 Å². The topological polar surface area (TPSA) is 3.24 Å². The molecule has 2 heteroatoms. The van der Waals surface area contributed by atoms with Gasteiger partial charge in [-0.2, -0.15) is 0 Å². The highest BCUT2D eigenvalue weighted by Gasteiger charge is 2.20. The molecule has 1 aliphatic rings. The molecule has 17 heavy (non-hydrogen) atoms. The quantitative estimate of drug-likeness (QED) is 0.741. The normalized spacial score (nSPS) is 21.6. The van der Waals surface area contributed by atoms with Crippen LogP contribution in [0.3, 0.4) is 0 Å². The van der Waals surface area contributed by atoms with Crippen molar-refractivity contribution in [3.05, 3.63) is 29.8 Å². The fourth-order valence-electron chi connectivity index (χ4n) is 2.74. The number of hydrogen-bond donors (Lipinski definition) is 0. The van der Waals surface area contributed by atoms with E-state index >= 15 is 0 Å². The van der Waals surface area contributed by atoms with Crippen molar-refractivity contribution in [2.75, 3.05) is 25.9 Å². The Morgan fingerprint density at radius 3 is 3.06 bits per heavy atom. The number of thioether (sulfide) groups is 1. The lowest BCUT2D eigenvalue weighted by atomic mass is 9.90. The maximum atomic E-state index is 2.62. The van der Waals surface area contributed by atoms with Gasteiger partial charge in [-0.3, -0.25) is 0 Å². The van der Waals surface area contributed by atoms with Gasteiger partial charge in [-0.05, 0) is 62.2 Å². The summed E-state index contributed by atoms with van der Waals surface area (Å²) in [6.45, 7) is 6.09. The molecule has 0 unspecified atom stereocenters. The monoisotopic (exact) mass is 248 g/mol. The molecular formula is C15H23NS. The van der Waals surface area contributed by atoms with Gasteiger partial charge < -0.3 is 4.90 Å². The molecule has 0 bridgehead atoms. The van der Waals surface area contributed by atoms with E-state index in [1.165, 1.54) is 49.4 Å². The Morgan fingerprint density at radius 2 is 2.29 bits per heavy atom. The summed E-state index contributed by atoms with van der Waals surface area (Å²) < 4.78 is 0. The smallest absolute Gasteiger partial charge is 0.00719 e. The lowest BCUT2D eigenvalue weighted by molar-refractivity contribution is 0.208. The van der Waals surface area contributed by atoms with Crippen molar-refractivity contribution >= 4 is 11.8 Å². The van der Waals surface area contributed by atoms with E-state index in [1.54, 1.807) is 0 Å². The van der Waals surface area contributed by atoms with Gasteiger partial charge in [0.1, 0.15) is 0 Å². The van der Waals surface area contributed by atoms with Crippen LogP contribution in [0, 0.1) is 0 Å². The molecule has 1 heterocycles. The van der Waals surface area contributed by atoms with Gasteiger partial charge in [-0.25, -0.2) is 0 Å². The minimum atomic E-state index is 0.752. The first-order valence-corrected chi connectivity index (χ1v) is 7.92. The van der Waals surface area contributed by atoms with E-state index < -0.39 is 0 Å². The zero-order valence-corrected chi connectivity index (χ0v) is 11.8. The average molecular weight is 248 g/mol. The summed E-state index contributed by atoms with van der Waals surface area (Å²) in [6.07, 6.45) is 6.15. The highest BCUT2D eigenvalue weighted by Crippen LogP contribution is 2.29. The molecule has 0 N–H and O–H groups in total.